The number of ether oxygens (including phenoxy) is 8. The van der Waals surface area contributed by atoms with Crippen molar-refractivity contribution in [1.29, 1.82) is 0 Å². The van der Waals surface area contributed by atoms with Crippen LogP contribution in [0, 0.1) is 47.3 Å². The number of hydrogen-bond acceptors (Lipinski definition) is 21. The van der Waals surface area contributed by atoms with Crippen LogP contribution >= 0.6 is 0 Å². The van der Waals surface area contributed by atoms with Gasteiger partial charge in [0, 0.05) is 87.8 Å². The molecule has 2 unspecified atom stereocenters. The summed E-state index contributed by atoms with van der Waals surface area (Å²) in [5, 5.41) is 27.2. The van der Waals surface area contributed by atoms with Crippen LogP contribution in [0.1, 0.15) is 141 Å². The van der Waals surface area contributed by atoms with Gasteiger partial charge in [-0.05, 0) is 182 Å². The molecule has 0 spiro atoms. The maximum Gasteiger partial charge on any atom is 0.407 e. The molecule has 0 saturated carbocycles. The zero-order chi connectivity index (χ0) is 89.1. The third kappa shape index (κ3) is 19.0. The number of fused-ring (bicyclic) bond motifs is 12. The highest BCUT2D eigenvalue weighted by Crippen LogP contribution is 2.49. The van der Waals surface area contributed by atoms with E-state index in [1.807, 2.05) is 68.6 Å². The Morgan fingerprint density at radius 1 is 0.472 bits per heavy atom. The van der Waals surface area contributed by atoms with E-state index in [1.165, 1.54) is 50.5 Å². The standard InChI is InChI=1S/C47H57N7O8.C40H46N6O5.C7H13NO4/c1-24(2)41(51-46(57)60-7)44(55)53-20-26(5)13-39(53)43-48-19-37(50-43)29-9-11-31-30(15-29)23-62-40-18-32-28(16-34(31)40)10-12-35-33(32)17-36(49-35)38-14-27(22-59-6)21-54(38)45(56)42(25(3)4)52-47(58)61-8;1-21(2)37(45-40(48)50-5)39(47)46-18-22(3)10-35(46)38-42-17-34(44-38)25-6-8-27-26(12-25)20-51-36-15-28-24(13-30(27)36)7-9-31-29(28)14-33(43-31)32-11-23(16-41-32)19-49-4;1-4(2)5(6(9)10)8-7(11)12-3/h9-12,15-16,18-19,24-27,38-39,41-42H,13-14,17,20-23H2,1-8H3,(H,48,50)(H,51,57)(H,52,58);6-9,12-13,15,17,21-23,32,35,37,41H,10-11,14,16,18-20H2,1-5H3,(H,42,44)(H,45,48);4-5H,1-3H3,(H,8,11)(H,9,10)/t26-,27?,38-,39-,41-,42-;22-,23?,32-,35-,37-;5-/m000/s1. The largest absolute Gasteiger partial charge is 0.488 e. The number of amides is 7. The molecule has 8 aromatic rings. The van der Waals surface area contributed by atoms with Crippen molar-refractivity contribution in [3.8, 4) is 56.3 Å². The van der Waals surface area contributed by atoms with E-state index >= 15 is 0 Å². The summed E-state index contributed by atoms with van der Waals surface area (Å²) in [5.74, 6) is 2.35. The molecule has 31 heteroatoms. The zero-order valence-electron chi connectivity index (χ0n) is 74.0. The van der Waals surface area contributed by atoms with E-state index in [0.29, 0.717) is 69.6 Å². The first-order chi connectivity index (χ1) is 60.0. The first-order valence-electron chi connectivity index (χ1n) is 43.2. The Balaban J connectivity index is 0.000000182. The number of carbonyl (C=O) groups is 8. The van der Waals surface area contributed by atoms with Crippen molar-refractivity contribution in [3.63, 3.8) is 0 Å². The smallest absolute Gasteiger partial charge is 0.407 e. The minimum Gasteiger partial charge on any atom is -0.488 e. The number of nitrogens with one attached hydrogen (secondary N) is 7. The molecule has 16 rings (SSSR count). The number of imidazole rings is 2. The number of nitrogens with zero attached hydrogens (tertiary/aromatic N) is 7. The highest BCUT2D eigenvalue weighted by Gasteiger charge is 2.46. The lowest BCUT2D eigenvalue weighted by molar-refractivity contribution is -0.140. The number of benzene rings is 6. The first kappa shape index (κ1) is 89.3. The molecule has 2 aromatic heterocycles. The van der Waals surface area contributed by atoms with E-state index in [1.54, 1.807) is 28.1 Å². The molecular weight excluding hydrogens is 1600 g/mol. The summed E-state index contributed by atoms with van der Waals surface area (Å²) in [5.41, 5.74) is 16.7. The SMILES string of the molecule is COC(=O)N[C@H](C(=O)O)C(C)C.COCC1CN[C@H](C2=Nc3ccc4cc5c(cc4c3C2)OCc2cc(-c3cnc([C@@H]4C[C@H](C)CN4C(=O)[C@@H](NC(=O)OC)C(C)C)[nH]3)ccc2-5)C1.COCC1C[C@@H](C2=Nc3ccc4cc5c(cc4c3C2)OCc2cc(-c3cnc([C@@H]4C[C@H](C)CN4C(=O)[C@@H](NC(=O)OC)C(C)C)[nH]3)ccc2-5)N(C(=O)[C@@H](NC(=O)OC)C(C)C)C1. The molecule has 10 heterocycles. The van der Waals surface area contributed by atoms with Gasteiger partial charge in [-0.15, -0.1) is 0 Å². The third-order valence-corrected chi connectivity index (χ3v) is 25.3. The van der Waals surface area contributed by atoms with Gasteiger partial charge in [-0.3, -0.25) is 24.4 Å². The van der Waals surface area contributed by atoms with E-state index in [0.717, 1.165) is 152 Å². The monoisotopic (exact) mass is 1710 g/mol. The number of aromatic nitrogens is 4. The van der Waals surface area contributed by atoms with Gasteiger partial charge in [0.25, 0.3) is 0 Å². The van der Waals surface area contributed by atoms with Crippen molar-refractivity contribution >= 4 is 92.4 Å². The number of alkyl carbamates (subject to hydrolysis) is 4. The molecule has 6 aromatic carbocycles. The summed E-state index contributed by atoms with van der Waals surface area (Å²) in [7, 11) is 8.53. The first-order valence-corrected chi connectivity index (χ1v) is 43.2. The normalized spacial score (nSPS) is 21.0. The Kier molecular flexibility index (Phi) is 27.3. The third-order valence-electron chi connectivity index (χ3n) is 25.3. The van der Waals surface area contributed by atoms with Crippen LogP contribution in [0.2, 0.25) is 0 Å². The molecule has 31 nitrogen and oxygen atoms in total. The van der Waals surface area contributed by atoms with Crippen LogP contribution in [0.15, 0.2) is 107 Å². The van der Waals surface area contributed by atoms with Crippen molar-refractivity contribution in [3.05, 3.63) is 131 Å². The van der Waals surface area contributed by atoms with Crippen LogP contribution in [-0.2, 0) is 73.7 Å². The van der Waals surface area contributed by atoms with Gasteiger partial charge in [0.05, 0.1) is 94.9 Å². The average Bonchev–Trinajstić information content (AvgIpc) is 1.72. The summed E-state index contributed by atoms with van der Waals surface area (Å²) >= 11 is 0. The Morgan fingerprint density at radius 3 is 1.30 bits per heavy atom. The van der Waals surface area contributed by atoms with E-state index in [4.69, 9.17) is 58.2 Å². The highest BCUT2D eigenvalue weighted by molar-refractivity contribution is 6.08. The number of aliphatic imine (C=N–C) groups is 2. The summed E-state index contributed by atoms with van der Waals surface area (Å²) in [4.78, 5) is 131. The van der Waals surface area contributed by atoms with Crippen LogP contribution < -0.4 is 36.1 Å². The van der Waals surface area contributed by atoms with E-state index < -0.39 is 54.5 Å². The quantitative estimate of drug-likeness (QED) is 0.0292. The molecule has 8 N–H and O–H groups in total. The molecule has 0 radical (unpaired) electrons. The minimum atomic E-state index is -1.06. The summed E-state index contributed by atoms with van der Waals surface area (Å²) in [6.45, 7) is 23.9. The maximum absolute atomic E-state index is 14.1. The van der Waals surface area contributed by atoms with Crippen LogP contribution in [-0.4, -0.2) is 218 Å². The number of carbonyl (C=O) groups excluding carboxylic acids is 7. The topological polar surface area (TPSA) is 383 Å². The molecule has 125 heavy (non-hydrogen) atoms. The molecule has 12 atom stereocenters. The van der Waals surface area contributed by atoms with Crippen molar-refractivity contribution < 1.29 is 81.4 Å². The Bertz CT molecular complexity index is 5480. The van der Waals surface area contributed by atoms with Gasteiger partial charge in [-0.25, -0.2) is 33.9 Å². The van der Waals surface area contributed by atoms with E-state index in [-0.39, 0.29) is 71.4 Å². The fourth-order valence-corrected chi connectivity index (χ4v) is 18.8. The second-order valence-corrected chi connectivity index (χ2v) is 35.6. The number of likely N-dealkylation sites (tertiary alicyclic amines) is 3. The lowest BCUT2D eigenvalue weighted by atomic mass is 9.90. The van der Waals surface area contributed by atoms with Gasteiger partial charge in [0.15, 0.2) is 0 Å². The molecular formula is C94H116N14O17. The number of aliphatic carboxylic acids is 1. The predicted octanol–water partition coefficient (Wildman–Crippen LogP) is 13.7. The second-order valence-electron chi connectivity index (χ2n) is 35.6. The van der Waals surface area contributed by atoms with Crippen molar-refractivity contribution in [2.24, 2.45) is 57.3 Å². The zero-order valence-corrected chi connectivity index (χ0v) is 74.0. The van der Waals surface area contributed by atoms with Gasteiger partial charge < -0.3 is 94.3 Å². The van der Waals surface area contributed by atoms with E-state index in [9.17, 15) is 38.4 Å². The lowest BCUT2D eigenvalue weighted by Gasteiger charge is -2.31. The molecule has 664 valence electrons. The fraction of sp³-hybridized carbons (Fsp3) is 0.489. The van der Waals surface area contributed by atoms with Gasteiger partial charge >= 0.3 is 30.3 Å². The van der Waals surface area contributed by atoms with Crippen LogP contribution in [0.4, 0.5) is 30.6 Å². The molecule has 7 amide bonds. The number of H-pyrrole nitrogens is 2. The van der Waals surface area contributed by atoms with Gasteiger partial charge in [-0.1, -0.05) is 106 Å². The number of carboxylic acid groups (broad SMARTS) is 1. The van der Waals surface area contributed by atoms with Crippen LogP contribution in [0.25, 0.3) is 66.3 Å². The molecule has 0 bridgehead atoms. The summed E-state index contributed by atoms with van der Waals surface area (Å²) < 4.78 is 42.5. The maximum atomic E-state index is 14.1. The van der Waals surface area contributed by atoms with Crippen molar-refractivity contribution in [2.75, 3.05) is 82.1 Å². The molecule has 4 saturated heterocycles. The summed E-state index contributed by atoms with van der Waals surface area (Å²) in [6, 6.07) is 26.7. The summed E-state index contributed by atoms with van der Waals surface area (Å²) in [6.07, 6.45) is 5.82. The highest BCUT2D eigenvalue weighted by atomic mass is 16.6. The van der Waals surface area contributed by atoms with Gasteiger partial charge in [0.2, 0.25) is 17.7 Å². The fourth-order valence-electron chi connectivity index (χ4n) is 18.8. The van der Waals surface area contributed by atoms with Crippen molar-refractivity contribution in [2.45, 2.75) is 169 Å². The number of rotatable bonds is 22. The Hall–Kier alpha value is -12.0. The molecule has 8 aliphatic heterocycles. The predicted molar refractivity (Wildman–Crippen MR) is 472 cm³/mol. The van der Waals surface area contributed by atoms with Gasteiger partial charge in [0.1, 0.15) is 60.5 Å². The van der Waals surface area contributed by atoms with Crippen molar-refractivity contribution in [1.82, 2.24) is 61.2 Å². The van der Waals surface area contributed by atoms with Crippen LogP contribution in [0.3, 0.4) is 0 Å². The Labute approximate surface area is 727 Å². The average molecular weight is 1710 g/mol. The minimum absolute atomic E-state index is 0.0993. The number of carboxylic acids is 1. The number of hydrogen-bond donors (Lipinski definition) is 8. The molecule has 8 aliphatic rings. The van der Waals surface area contributed by atoms with Gasteiger partial charge in [-0.2, -0.15) is 0 Å². The molecule has 4 fully saturated rings. The Morgan fingerprint density at radius 2 is 0.880 bits per heavy atom. The number of aromatic amines is 2. The lowest BCUT2D eigenvalue weighted by Crippen LogP contribution is -2.53. The van der Waals surface area contributed by atoms with Crippen LogP contribution in [0.5, 0.6) is 11.5 Å². The molecule has 0 aliphatic carbocycles. The second kappa shape index (κ2) is 38.3. The van der Waals surface area contributed by atoms with E-state index in [2.05, 4.69) is 140 Å². The number of methoxy groups -OCH3 is 6.